The summed E-state index contributed by atoms with van der Waals surface area (Å²) in [5.74, 6) is 0. The first-order chi connectivity index (χ1) is 5.43. The molecule has 0 aliphatic heterocycles. The van der Waals surface area contributed by atoms with E-state index in [4.69, 9.17) is 0 Å². The van der Waals surface area contributed by atoms with E-state index in [2.05, 4.69) is 12.2 Å². The third kappa shape index (κ3) is 3.76. The van der Waals surface area contributed by atoms with Crippen molar-refractivity contribution in [1.29, 1.82) is 0 Å². The van der Waals surface area contributed by atoms with Crippen LogP contribution in [0.25, 0.3) is 0 Å². The quantitative estimate of drug-likeness (QED) is 0.522. The molecule has 1 heteroatoms. The van der Waals surface area contributed by atoms with Gasteiger partial charge in [-0.25, -0.2) is 5.32 Å². The average molecular weight is 154 g/mol. The van der Waals surface area contributed by atoms with E-state index in [1.807, 2.05) is 0 Å². The van der Waals surface area contributed by atoms with Crippen LogP contribution in [-0.4, -0.2) is 12.6 Å². The predicted octanol–water partition coefficient (Wildman–Crippen LogP) is 2.72. The van der Waals surface area contributed by atoms with Crippen LogP contribution in [0.3, 0.4) is 0 Å². The van der Waals surface area contributed by atoms with Crippen LogP contribution in [0.1, 0.15) is 51.9 Å². The van der Waals surface area contributed by atoms with E-state index in [1.165, 1.54) is 44.9 Å². The Kier molecular flexibility index (Phi) is 4.60. The fraction of sp³-hybridized carbons (Fsp3) is 1.00. The third-order valence-electron chi connectivity index (χ3n) is 2.47. The Balaban J connectivity index is 1.73. The molecule has 0 unspecified atom stereocenters. The molecule has 0 aromatic rings. The molecule has 1 fully saturated rings. The van der Waals surface area contributed by atoms with Crippen LogP contribution >= 0.6 is 0 Å². The summed E-state index contributed by atoms with van der Waals surface area (Å²) in [6.45, 7) is 3.38. The summed E-state index contributed by atoms with van der Waals surface area (Å²) in [6, 6.07) is 0.761. The minimum absolute atomic E-state index is 0.761. The largest absolute Gasteiger partial charge is 0.238 e. The van der Waals surface area contributed by atoms with Crippen molar-refractivity contribution in [2.75, 3.05) is 6.54 Å². The van der Waals surface area contributed by atoms with Crippen molar-refractivity contribution in [1.82, 2.24) is 5.32 Å². The van der Waals surface area contributed by atoms with Crippen LogP contribution in [0.2, 0.25) is 0 Å². The van der Waals surface area contributed by atoms with Gasteiger partial charge in [0.1, 0.15) is 0 Å². The van der Waals surface area contributed by atoms with Gasteiger partial charge in [-0.05, 0) is 19.3 Å². The maximum Gasteiger partial charge on any atom is 0.0246 e. The molecule has 1 aliphatic carbocycles. The van der Waals surface area contributed by atoms with Gasteiger partial charge < -0.3 is 0 Å². The molecule has 0 aromatic heterocycles. The normalized spacial score (nSPS) is 18.3. The van der Waals surface area contributed by atoms with E-state index in [9.17, 15) is 0 Å². The summed E-state index contributed by atoms with van der Waals surface area (Å²) in [5.41, 5.74) is 0. The Hall–Kier alpha value is -0.0400. The Bertz CT molecular complexity index is 86.9. The van der Waals surface area contributed by atoms with Crippen molar-refractivity contribution in [2.45, 2.75) is 57.9 Å². The summed E-state index contributed by atoms with van der Waals surface area (Å²) in [6.07, 6.45) is 9.59. The Morgan fingerprint density at radius 1 is 1.18 bits per heavy atom. The second-order valence-corrected chi connectivity index (χ2v) is 3.55. The molecular formula is C10H20N. The summed E-state index contributed by atoms with van der Waals surface area (Å²) in [4.78, 5) is 0. The molecule has 0 heterocycles. The van der Waals surface area contributed by atoms with Crippen LogP contribution in [0, 0.1) is 0 Å². The van der Waals surface area contributed by atoms with Gasteiger partial charge >= 0.3 is 0 Å². The van der Waals surface area contributed by atoms with E-state index in [0.717, 1.165) is 12.6 Å². The number of nitrogens with zero attached hydrogens (tertiary/aromatic N) is 1. The number of hydrogen-bond acceptors (Lipinski definition) is 0. The van der Waals surface area contributed by atoms with Crippen molar-refractivity contribution in [3.63, 3.8) is 0 Å². The summed E-state index contributed by atoms with van der Waals surface area (Å²) in [7, 11) is 0. The third-order valence-corrected chi connectivity index (χ3v) is 2.47. The first-order valence-electron chi connectivity index (χ1n) is 5.10. The highest BCUT2D eigenvalue weighted by Crippen LogP contribution is 2.18. The molecule has 0 bridgehead atoms. The SMILES string of the molecule is CCCCCC[N]C1CCC1. The van der Waals surface area contributed by atoms with Gasteiger partial charge in [-0.3, -0.25) is 0 Å². The smallest absolute Gasteiger partial charge is 0.0246 e. The Labute approximate surface area is 70.6 Å². The second kappa shape index (κ2) is 5.59. The van der Waals surface area contributed by atoms with E-state index in [-0.39, 0.29) is 0 Å². The predicted molar refractivity (Wildman–Crippen MR) is 48.8 cm³/mol. The molecule has 11 heavy (non-hydrogen) atoms. The first kappa shape index (κ1) is 9.05. The summed E-state index contributed by atoms with van der Waals surface area (Å²) >= 11 is 0. The highest BCUT2D eigenvalue weighted by Gasteiger charge is 2.16. The van der Waals surface area contributed by atoms with Crippen molar-refractivity contribution in [3.05, 3.63) is 0 Å². The molecule has 0 aromatic carbocycles. The zero-order valence-corrected chi connectivity index (χ0v) is 7.68. The van der Waals surface area contributed by atoms with E-state index < -0.39 is 0 Å². The highest BCUT2D eigenvalue weighted by atomic mass is 14.9. The fourth-order valence-corrected chi connectivity index (χ4v) is 1.38. The number of rotatable bonds is 6. The van der Waals surface area contributed by atoms with Crippen molar-refractivity contribution >= 4 is 0 Å². The lowest BCUT2D eigenvalue weighted by Crippen LogP contribution is -2.29. The van der Waals surface area contributed by atoms with Crippen molar-refractivity contribution in [3.8, 4) is 0 Å². The van der Waals surface area contributed by atoms with Crippen LogP contribution < -0.4 is 5.32 Å². The molecule has 1 radical (unpaired) electrons. The van der Waals surface area contributed by atoms with E-state index >= 15 is 0 Å². The Morgan fingerprint density at radius 3 is 2.55 bits per heavy atom. The minimum atomic E-state index is 0.761. The lowest BCUT2D eigenvalue weighted by Gasteiger charge is -2.24. The van der Waals surface area contributed by atoms with Gasteiger partial charge in [0.05, 0.1) is 0 Å². The molecule has 0 N–H and O–H groups in total. The van der Waals surface area contributed by atoms with Crippen molar-refractivity contribution in [2.24, 2.45) is 0 Å². The fourth-order valence-electron chi connectivity index (χ4n) is 1.38. The van der Waals surface area contributed by atoms with Gasteiger partial charge in [0.25, 0.3) is 0 Å². The van der Waals surface area contributed by atoms with Gasteiger partial charge in [-0.2, -0.15) is 0 Å². The van der Waals surface area contributed by atoms with E-state index in [0.29, 0.717) is 0 Å². The molecule has 0 spiro atoms. The zero-order valence-electron chi connectivity index (χ0n) is 7.68. The molecule has 1 saturated carbocycles. The molecule has 1 aliphatic rings. The summed E-state index contributed by atoms with van der Waals surface area (Å²) < 4.78 is 0. The molecule has 0 amide bonds. The van der Waals surface area contributed by atoms with Gasteiger partial charge in [0, 0.05) is 12.6 Å². The topological polar surface area (TPSA) is 14.1 Å². The van der Waals surface area contributed by atoms with Crippen LogP contribution in [0.15, 0.2) is 0 Å². The maximum atomic E-state index is 4.60. The molecule has 0 atom stereocenters. The van der Waals surface area contributed by atoms with Crippen LogP contribution in [0.5, 0.6) is 0 Å². The first-order valence-corrected chi connectivity index (χ1v) is 5.10. The lowest BCUT2D eigenvalue weighted by atomic mass is 9.93. The van der Waals surface area contributed by atoms with Gasteiger partial charge in [0.2, 0.25) is 0 Å². The second-order valence-electron chi connectivity index (χ2n) is 3.55. The maximum absolute atomic E-state index is 4.60. The van der Waals surface area contributed by atoms with Crippen LogP contribution in [-0.2, 0) is 0 Å². The highest BCUT2D eigenvalue weighted by molar-refractivity contribution is 4.75. The number of hydrogen-bond donors (Lipinski definition) is 0. The molecule has 65 valence electrons. The minimum Gasteiger partial charge on any atom is -0.238 e. The molecule has 0 saturated heterocycles. The number of unbranched alkanes of at least 4 members (excludes halogenated alkanes) is 3. The van der Waals surface area contributed by atoms with E-state index in [1.54, 1.807) is 0 Å². The van der Waals surface area contributed by atoms with Gasteiger partial charge in [-0.1, -0.05) is 32.6 Å². The average Bonchev–Trinajstić information content (AvgIpc) is 1.93. The molecule has 1 nitrogen and oxygen atoms in total. The zero-order chi connectivity index (χ0) is 7.94. The van der Waals surface area contributed by atoms with Gasteiger partial charge in [-0.15, -0.1) is 0 Å². The molecular weight excluding hydrogens is 134 g/mol. The van der Waals surface area contributed by atoms with Crippen molar-refractivity contribution < 1.29 is 0 Å². The standard InChI is InChI=1S/C10H20N/c1-2-3-4-5-9-11-10-7-6-8-10/h10H,2-9H2,1H3. The lowest BCUT2D eigenvalue weighted by molar-refractivity contribution is 0.330. The summed E-state index contributed by atoms with van der Waals surface area (Å²) in [5, 5.41) is 4.60. The van der Waals surface area contributed by atoms with Gasteiger partial charge in [0.15, 0.2) is 0 Å². The van der Waals surface area contributed by atoms with Crippen LogP contribution in [0.4, 0.5) is 0 Å². The molecule has 1 rings (SSSR count). The monoisotopic (exact) mass is 154 g/mol. The Morgan fingerprint density at radius 2 is 2.00 bits per heavy atom.